The second-order valence-electron chi connectivity index (χ2n) is 10.6. The number of hydrogen-bond donors (Lipinski definition) is 2. The van der Waals surface area contributed by atoms with Gasteiger partial charge in [-0.2, -0.15) is 5.10 Å². The molecule has 1 amide bonds. The number of fused-ring (bicyclic) bond motifs is 2. The van der Waals surface area contributed by atoms with E-state index in [2.05, 4.69) is 25.6 Å². The minimum absolute atomic E-state index is 0.240. The van der Waals surface area contributed by atoms with Crippen LogP contribution in [0.15, 0.2) is 36.8 Å². The molecule has 180 valence electrons. The number of aromatic nitrogens is 4. The van der Waals surface area contributed by atoms with Gasteiger partial charge in [-0.3, -0.25) is 9.48 Å². The highest BCUT2D eigenvalue weighted by Gasteiger charge is 2.63. The van der Waals surface area contributed by atoms with Crippen molar-refractivity contribution in [3.63, 3.8) is 0 Å². The molecule has 3 fully saturated rings. The quantitative estimate of drug-likeness (QED) is 0.463. The average molecular weight is 474 g/mol. The van der Waals surface area contributed by atoms with Crippen molar-refractivity contribution in [1.29, 1.82) is 0 Å². The number of hydrogen-bond acceptors (Lipinski definition) is 5. The van der Waals surface area contributed by atoms with Crippen LogP contribution in [0.4, 0.5) is 15.8 Å². The van der Waals surface area contributed by atoms with E-state index in [4.69, 9.17) is 0 Å². The maximum atomic E-state index is 14.5. The molecule has 35 heavy (non-hydrogen) atoms. The highest BCUT2D eigenvalue weighted by atomic mass is 19.1. The zero-order chi connectivity index (χ0) is 23.9. The number of anilines is 2. The SMILES string of the molecule is Cc1cn2cc(NC(=O)c3ccc(N4CC[C@@H](NC5CC56CC6)C4)c4cn(C)nc34)cc(F)c2n1. The topological polar surface area (TPSA) is 79.5 Å². The summed E-state index contributed by atoms with van der Waals surface area (Å²) in [6, 6.07) is 6.37. The Hall–Kier alpha value is -3.46. The number of carbonyl (C=O) groups excluding carboxylic acids is 1. The van der Waals surface area contributed by atoms with Gasteiger partial charge in [0.25, 0.3) is 5.91 Å². The average Bonchev–Trinajstić information content (AvgIpc) is 3.49. The number of rotatable bonds is 5. The van der Waals surface area contributed by atoms with Crippen LogP contribution in [0.5, 0.6) is 0 Å². The highest BCUT2D eigenvalue weighted by Crippen LogP contribution is 2.66. The molecule has 9 heteroatoms. The molecule has 8 nitrogen and oxygen atoms in total. The molecule has 0 radical (unpaired) electrons. The van der Waals surface area contributed by atoms with E-state index in [1.54, 1.807) is 28.4 Å². The zero-order valence-corrected chi connectivity index (χ0v) is 19.9. The van der Waals surface area contributed by atoms with E-state index < -0.39 is 5.82 Å². The van der Waals surface area contributed by atoms with Crippen LogP contribution < -0.4 is 15.5 Å². The van der Waals surface area contributed by atoms with E-state index >= 15 is 0 Å². The molecule has 1 unspecified atom stereocenters. The molecule has 1 aromatic carbocycles. The first-order valence-corrected chi connectivity index (χ1v) is 12.3. The van der Waals surface area contributed by atoms with Crippen molar-refractivity contribution in [2.24, 2.45) is 12.5 Å². The van der Waals surface area contributed by atoms with Crippen molar-refractivity contribution in [1.82, 2.24) is 24.5 Å². The van der Waals surface area contributed by atoms with Gasteiger partial charge < -0.3 is 19.9 Å². The van der Waals surface area contributed by atoms with Crippen molar-refractivity contribution in [2.75, 3.05) is 23.3 Å². The lowest BCUT2D eigenvalue weighted by Crippen LogP contribution is -2.35. The monoisotopic (exact) mass is 473 g/mol. The lowest BCUT2D eigenvalue weighted by molar-refractivity contribution is 0.102. The number of pyridine rings is 1. The lowest BCUT2D eigenvalue weighted by Gasteiger charge is -2.20. The number of nitrogens with zero attached hydrogens (tertiary/aromatic N) is 5. The predicted molar refractivity (Wildman–Crippen MR) is 132 cm³/mol. The first kappa shape index (κ1) is 20.9. The van der Waals surface area contributed by atoms with E-state index in [0.29, 0.717) is 40.0 Å². The van der Waals surface area contributed by atoms with Gasteiger partial charge in [0.1, 0.15) is 5.52 Å². The van der Waals surface area contributed by atoms with Gasteiger partial charge in [0.2, 0.25) is 0 Å². The second kappa shape index (κ2) is 7.27. The van der Waals surface area contributed by atoms with Gasteiger partial charge in [-0.1, -0.05) is 0 Å². The summed E-state index contributed by atoms with van der Waals surface area (Å²) in [5, 5.41) is 12.3. The number of halogens is 1. The lowest BCUT2D eigenvalue weighted by atomic mass is 10.1. The fourth-order valence-electron chi connectivity index (χ4n) is 5.81. The van der Waals surface area contributed by atoms with Crippen molar-refractivity contribution in [3.05, 3.63) is 53.9 Å². The standard InChI is InChI=1S/C26H28FN7O/c1-15-11-34-13-17(9-20(27)24(34)28-15)30-25(35)18-3-4-21(19-14-32(2)31-23(18)19)33-8-5-16(12-33)29-22-10-26(22)6-7-26/h3-4,9,11,13-14,16,22,29H,5-8,10,12H2,1-2H3,(H,30,35)/t16-,22?/m1/s1. The van der Waals surface area contributed by atoms with E-state index in [1.807, 2.05) is 25.4 Å². The summed E-state index contributed by atoms with van der Waals surface area (Å²) in [5.41, 5.74) is 4.20. The molecule has 4 heterocycles. The Bertz CT molecular complexity index is 1500. The number of aryl methyl sites for hydroxylation is 2. The number of nitrogens with one attached hydrogen (secondary N) is 2. The summed E-state index contributed by atoms with van der Waals surface area (Å²) in [6.45, 7) is 3.75. The fourth-order valence-corrected chi connectivity index (χ4v) is 5.81. The highest BCUT2D eigenvalue weighted by molar-refractivity contribution is 6.13. The Morgan fingerprint density at radius 3 is 2.89 bits per heavy atom. The Labute approximate surface area is 202 Å². The maximum absolute atomic E-state index is 14.5. The largest absolute Gasteiger partial charge is 0.369 e. The summed E-state index contributed by atoms with van der Waals surface area (Å²) in [4.78, 5) is 19.8. The van der Waals surface area contributed by atoms with Crippen LogP contribution in [-0.4, -0.2) is 50.2 Å². The van der Waals surface area contributed by atoms with Crippen LogP contribution >= 0.6 is 0 Å². The Morgan fingerprint density at radius 2 is 2.09 bits per heavy atom. The van der Waals surface area contributed by atoms with Crippen LogP contribution in [0.25, 0.3) is 16.6 Å². The molecular weight excluding hydrogens is 445 g/mol. The molecule has 0 bridgehead atoms. The van der Waals surface area contributed by atoms with Gasteiger partial charge >= 0.3 is 0 Å². The maximum Gasteiger partial charge on any atom is 0.257 e. The van der Waals surface area contributed by atoms with Gasteiger partial charge in [-0.05, 0) is 50.2 Å². The van der Waals surface area contributed by atoms with E-state index in [0.717, 1.165) is 30.6 Å². The van der Waals surface area contributed by atoms with E-state index in [9.17, 15) is 9.18 Å². The third-order valence-corrected chi connectivity index (χ3v) is 7.94. The zero-order valence-electron chi connectivity index (χ0n) is 19.9. The molecule has 1 saturated heterocycles. The van der Waals surface area contributed by atoms with Crippen molar-refractivity contribution in [3.8, 4) is 0 Å². The predicted octanol–water partition coefficient (Wildman–Crippen LogP) is 3.64. The molecule has 1 spiro atoms. The van der Waals surface area contributed by atoms with E-state index in [-0.39, 0.29) is 11.6 Å². The van der Waals surface area contributed by atoms with Crippen LogP contribution in [-0.2, 0) is 7.05 Å². The molecule has 2 aliphatic carbocycles. The van der Waals surface area contributed by atoms with E-state index in [1.165, 1.54) is 25.3 Å². The van der Waals surface area contributed by atoms with Crippen LogP contribution in [0.3, 0.4) is 0 Å². The molecule has 3 aromatic heterocycles. The number of amides is 1. The smallest absolute Gasteiger partial charge is 0.257 e. The summed E-state index contributed by atoms with van der Waals surface area (Å²) >= 11 is 0. The Kier molecular flexibility index (Phi) is 4.34. The van der Waals surface area contributed by atoms with Gasteiger partial charge in [-0.25, -0.2) is 9.37 Å². The van der Waals surface area contributed by atoms with Crippen molar-refractivity contribution in [2.45, 2.75) is 44.7 Å². The minimum atomic E-state index is -0.481. The van der Waals surface area contributed by atoms with Crippen LogP contribution in [0, 0.1) is 18.2 Å². The first-order valence-electron chi connectivity index (χ1n) is 12.3. The summed E-state index contributed by atoms with van der Waals surface area (Å²) in [6.07, 6.45) is 10.6. The van der Waals surface area contributed by atoms with Crippen molar-refractivity contribution < 1.29 is 9.18 Å². The van der Waals surface area contributed by atoms with Crippen LogP contribution in [0.2, 0.25) is 0 Å². The molecular formula is C26H28FN7O. The second-order valence-corrected chi connectivity index (χ2v) is 10.6. The minimum Gasteiger partial charge on any atom is -0.369 e. The number of benzene rings is 1. The molecule has 2 atom stereocenters. The van der Waals surface area contributed by atoms with Crippen LogP contribution in [0.1, 0.15) is 41.7 Å². The molecule has 2 N–H and O–H groups in total. The summed E-state index contributed by atoms with van der Waals surface area (Å²) in [7, 11) is 1.87. The normalized spacial score (nSPS) is 22.4. The summed E-state index contributed by atoms with van der Waals surface area (Å²) in [5.74, 6) is -0.800. The summed E-state index contributed by atoms with van der Waals surface area (Å²) < 4.78 is 17.8. The Balaban J connectivity index is 1.14. The third kappa shape index (κ3) is 3.48. The van der Waals surface area contributed by atoms with Gasteiger partial charge in [0.15, 0.2) is 11.5 Å². The van der Waals surface area contributed by atoms with Gasteiger partial charge in [0.05, 0.1) is 16.9 Å². The fraction of sp³-hybridized carbons (Fsp3) is 0.423. The first-order chi connectivity index (χ1) is 16.9. The van der Waals surface area contributed by atoms with Gasteiger partial charge in [-0.15, -0.1) is 0 Å². The van der Waals surface area contributed by atoms with Crippen molar-refractivity contribution >= 4 is 33.8 Å². The molecule has 4 aromatic rings. The number of carbonyl (C=O) groups is 1. The van der Waals surface area contributed by atoms with Gasteiger partial charge in [0, 0.05) is 68.0 Å². The molecule has 7 rings (SSSR count). The molecule has 2 saturated carbocycles. The third-order valence-electron chi connectivity index (χ3n) is 7.94. The molecule has 3 aliphatic rings. The Morgan fingerprint density at radius 1 is 1.23 bits per heavy atom. The molecule has 1 aliphatic heterocycles. The number of imidazole rings is 1.